The molecule has 1 aromatic carbocycles. The molecule has 1 saturated heterocycles. The van der Waals surface area contributed by atoms with Gasteiger partial charge in [-0.1, -0.05) is 31.4 Å². The number of β-amino-alcohol motifs (C(OH)–C–C–N with tert-alkyl or cyclic N) is 1. The molecule has 1 amide bonds. The summed E-state index contributed by atoms with van der Waals surface area (Å²) in [4.78, 5) is 17.3. The molecule has 2 heterocycles. The smallest absolute Gasteiger partial charge is 0.230 e. The van der Waals surface area contributed by atoms with Gasteiger partial charge in [0.2, 0.25) is 5.91 Å². The number of aliphatic hydroxyl groups is 1. The van der Waals surface area contributed by atoms with Gasteiger partial charge < -0.3 is 14.9 Å². The quantitative estimate of drug-likeness (QED) is 0.895. The standard InChI is InChI=1S/C22H32N2O2/c25-21(16-23-12-4-1-5-13-23)19-10-11-20-18(15-19)9-6-14-24(20)22(26)17-7-2-3-8-17/h10-11,15,17,21,25H,1-9,12-14,16H2/t21-/m1/s1. The summed E-state index contributed by atoms with van der Waals surface area (Å²) in [6, 6.07) is 6.27. The molecule has 1 N–H and O–H groups in total. The molecule has 1 atom stereocenters. The molecule has 0 radical (unpaired) electrons. The Morgan fingerprint density at radius 2 is 1.81 bits per heavy atom. The first kappa shape index (κ1) is 18.0. The Kier molecular flexibility index (Phi) is 5.60. The molecule has 0 spiro atoms. The van der Waals surface area contributed by atoms with Crippen LogP contribution in [0.4, 0.5) is 5.69 Å². The van der Waals surface area contributed by atoms with E-state index in [4.69, 9.17) is 0 Å². The number of amides is 1. The van der Waals surface area contributed by atoms with Crippen molar-refractivity contribution in [2.45, 2.75) is 63.9 Å². The second-order valence-corrected chi connectivity index (χ2v) is 8.34. The Labute approximate surface area is 157 Å². The summed E-state index contributed by atoms with van der Waals surface area (Å²) in [5.74, 6) is 0.551. The summed E-state index contributed by atoms with van der Waals surface area (Å²) < 4.78 is 0. The number of rotatable bonds is 4. The van der Waals surface area contributed by atoms with Gasteiger partial charge >= 0.3 is 0 Å². The number of likely N-dealkylation sites (tertiary alicyclic amines) is 1. The van der Waals surface area contributed by atoms with Crippen LogP contribution in [0, 0.1) is 5.92 Å². The minimum absolute atomic E-state index is 0.227. The van der Waals surface area contributed by atoms with Crippen LogP contribution in [0.15, 0.2) is 18.2 Å². The monoisotopic (exact) mass is 356 g/mol. The Balaban J connectivity index is 1.47. The van der Waals surface area contributed by atoms with Crippen LogP contribution in [0.2, 0.25) is 0 Å². The number of aliphatic hydroxyl groups excluding tert-OH is 1. The Hall–Kier alpha value is -1.39. The third-order valence-electron chi connectivity index (χ3n) is 6.46. The van der Waals surface area contributed by atoms with Crippen LogP contribution in [0.5, 0.6) is 0 Å². The zero-order valence-electron chi connectivity index (χ0n) is 15.8. The van der Waals surface area contributed by atoms with Crippen molar-refractivity contribution in [2.75, 3.05) is 31.1 Å². The summed E-state index contributed by atoms with van der Waals surface area (Å²) in [5, 5.41) is 10.7. The minimum atomic E-state index is -0.431. The molecular weight excluding hydrogens is 324 g/mol. The van der Waals surface area contributed by atoms with Gasteiger partial charge in [0, 0.05) is 24.7 Å². The highest BCUT2D eigenvalue weighted by Gasteiger charge is 2.31. The van der Waals surface area contributed by atoms with Gasteiger partial charge in [-0.25, -0.2) is 0 Å². The predicted octanol–water partition coefficient (Wildman–Crippen LogP) is 3.68. The van der Waals surface area contributed by atoms with Crippen molar-refractivity contribution >= 4 is 11.6 Å². The number of piperidine rings is 1. The van der Waals surface area contributed by atoms with Gasteiger partial charge in [-0.2, -0.15) is 0 Å². The van der Waals surface area contributed by atoms with E-state index in [0.29, 0.717) is 5.91 Å². The predicted molar refractivity (Wildman–Crippen MR) is 104 cm³/mol. The van der Waals surface area contributed by atoms with Crippen molar-refractivity contribution in [3.05, 3.63) is 29.3 Å². The number of hydrogen-bond donors (Lipinski definition) is 1. The lowest BCUT2D eigenvalue weighted by Gasteiger charge is -2.33. The molecule has 2 aliphatic heterocycles. The first-order valence-corrected chi connectivity index (χ1v) is 10.6. The third-order valence-corrected chi connectivity index (χ3v) is 6.46. The molecule has 0 bridgehead atoms. The lowest BCUT2D eigenvalue weighted by atomic mass is 9.95. The topological polar surface area (TPSA) is 43.8 Å². The van der Waals surface area contributed by atoms with E-state index in [2.05, 4.69) is 17.0 Å². The maximum atomic E-state index is 12.9. The first-order valence-electron chi connectivity index (χ1n) is 10.6. The SMILES string of the molecule is O=C(C1CCCC1)N1CCCc2cc([C@H](O)CN3CCCCC3)ccc21. The second-order valence-electron chi connectivity index (χ2n) is 8.34. The Morgan fingerprint density at radius 3 is 2.58 bits per heavy atom. The number of fused-ring (bicyclic) bond motifs is 1. The van der Waals surface area contributed by atoms with Crippen molar-refractivity contribution in [3.63, 3.8) is 0 Å². The van der Waals surface area contributed by atoms with Crippen molar-refractivity contribution in [3.8, 4) is 0 Å². The van der Waals surface area contributed by atoms with E-state index < -0.39 is 6.10 Å². The van der Waals surface area contributed by atoms with Gasteiger partial charge in [0.25, 0.3) is 0 Å². The van der Waals surface area contributed by atoms with Crippen LogP contribution in [-0.2, 0) is 11.2 Å². The largest absolute Gasteiger partial charge is 0.387 e. The fourth-order valence-electron chi connectivity index (χ4n) is 4.94. The van der Waals surface area contributed by atoms with Crippen LogP contribution < -0.4 is 4.90 Å². The summed E-state index contributed by atoms with van der Waals surface area (Å²) in [5.41, 5.74) is 3.32. The average molecular weight is 357 g/mol. The van der Waals surface area contributed by atoms with E-state index in [1.807, 2.05) is 11.0 Å². The van der Waals surface area contributed by atoms with E-state index in [-0.39, 0.29) is 5.92 Å². The van der Waals surface area contributed by atoms with E-state index in [0.717, 1.165) is 63.1 Å². The highest BCUT2D eigenvalue weighted by Crippen LogP contribution is 2.34. The molecule has 4 heteroatoms. The van der Waals surface area contributed by atoms with Crippen LogP contribution in [0.1, 0.15) is 68.6 Å². The van der Waals surface area contributed by atoms with Gasteiger partial charge in [-0.15, -0.1) is 0 Å². The van der Waals surface area contributed by atoms with E-state index >= 15 is 0 Å². The zero-order chi connectivity index (χ0) is 17.9. The Morgan fingerprint density at radius 1 is 1.04 bits per heavy atom. The zero-order valence-corrected chi connectivity index (χ0v) is 15.8. The lowest BCUT2D eigenvalue weighted by Crippen LogP contribution is -2.39. The van der Waals surface area contributed by atoms with Gasteiger partial charge in [0.05, 0.1) is 6.10 Å². The van der Waals surface area contributed by atoms with Crippen molar-refractivity contribution in [2.24, 2.45) is 5.92 Å². The molecule has 142 valence electrons. The molecule has 26 heavy (non-hydrogen) atoms. The van der Waals surface area contributed by atoms with Gasteiger partial charge in [0.15, 0.2) is 0 Å². The van der Waals surface area contributed by atoms with E-state index in [1.54, 1.807) is 0 Å². The van der Waals surface area contributed by atoms with Gasteiger partial charge in [0.1, 0.15) is 0 Å². The number of carbonyl (C=O) groups excluding carboxylic acids is 1. The molecule has 4 rings (SSSR count). The highest BCUT2D eigenvalue weighted by molar-refractivity contribution is 5.96. The minimum Gasteiger partial charge on any atom is -0.387 e. The fourth-order valence-corrected chi connectivity index (χ4v) is 4.94. The lowest BCUT2D eigenvalue weighted by molar-refractivity contribution is -0.122. The summed E-state index contributed by atoms with van der Waals surface area (Å²) in [6.45, 7) is 3.78. The summed E-state index contributed by atoms with van der Waals surface area (Å²) >= 11 is 0. The van der Waals surface area contributed by atoms with E-state index in [1.165, 1.54) is 37.7 Å². The molecule has 0 aromatic heterocycles. The molecule has 3 aliphatic rings. The van der Waals surface area contributed by atoms with Crippen molar-refractivity contribution < 1.29 is 9.90 Å². The molecule has 4 nitrogen and oxygen atoms in total. The molecule has 1 saturated carbocycles. The first-order chi connectivity index (χ1) is 12.7. The highest BCUT2D eigenvalue weighted by atomic mass is 16.3. The number of aryl methyl sites for hydroxylation is 1. The summed E-state index contributed by atoms with van der Waals surface area (Å²) in [7, 11) is 0. The molecular formula is C22H32N2O2. The van der Waals surface area contributed by atoms with Gasteiger partial charge in [-0.3, -0.25) is 4.79 Å². The number of anilines is 1. The maximum Gasteiger partial charge on any atom is 0.230 e. The van der Waals surface area contributed by atoms with Crippen LogP contribution in [-0.4, -0.2) is 42.1 Å². The molecule has 0 unspecified atom stereocenters. The van der Waals surface area contributed by atoms with Crippen molar-refractivity contribution in [1.29, 1.82) is 0 Å². The molecule has 1 aromatic rings. The third kappa shape index (κ3) is 3.81. The number of carbonyl (C=O) groups is 1. The normalized spacial score (nSPS) is 23.0. The average Bonchev–Trinajstić information content (AvgIpc) is 3.22. The van der Waals surface area contributed by atoms with Crippen LogP contribution in [0.25, 0.3) is 0 Å². The maximum absolute atomic E-state index is 12.9. The van der Waals surface area contributed by atoms with E-state index in [9.17, 15) is 9.90 Å². The Bertz CT molecular complexity index is 633. The van der Waals surface area contributed by atoms with Crippen molar-refractivity contribution in [1.82, 2.24) is 4.90 Å². The second kappa shape index (κ2) is 8.10. The molecule has 1 aliphatic carbocycles. The number of benzene rings is 1. The van der Waals surface area contributed by atoms with Crippen LogP contribution in [0.3, 0.4) is 0 Å². The number of nitrogens with zero attached hydrogens (tertiary/aromatic N) is 2. The fraction of sp³-hybridized carbons (Fsp3) is 0.682. The van der Waals surface area contributed by atoms with Crippen LogP contribution >= 0.6 is 0 Å². The summed E-state index contributed by atoms with van der Waals surface area (Å²) in [6.07, 6.45) is 9.90. The van der Waals surface area contributed by atoms with Gasteiger partial charge in [-0.05, 0) is 68.8 Å². The molecule has 2 fully saturated rings. The number of hydrogen-bond acceptors (Lipinski definition) is 3.